The Labute approximate surface area is 267 Å². The van der Waals surface area contributed by atoms with Gasteiger partial charge in [0.05, 0.1) is 0 Å². The molecule has 2 aliphatic rings. The van der Waals surface area contributed by atoms with E-state index in [1.54, 1.807) is 0 Å². The number of nitrogens with zero attached hydrogens (tertiary/aromatic N) is 2. The van der Waals surface area contributed by atoms with E-state index < -0.39 is 0 Å². The summed E-state index contributed by atoms with van der Waals surface area (Å²) in [6.07, 6.45) is 0. The number of hydrogen-bond acceptors (Lipinski definition) is 0. The molecular weight excluding hydrogens is 556 g/mol. The van der Waals surface area contributed by atoms with E-state index in [1.165, 1.54) is 98.5 Å². The van der Waals surface area contributed by atoms with Gasteiger partial charge in [0.25, 0.3) is 0 Å². The van der Waals surface area contributed by atoms with Crippen LogP contribution in [0.5, 0.6) is 0 Å². The number of rotatable bonds is 4. The van der Waals surface area contributed by atoms with E-state index in [9.17, 15) is 0 Å². The van der Waals surface area contributed by atoms with Crippen molar-refractivity contribution in [3.05, 3.63) is 133 Å². The Kier molecular flexibility index (Phi) is 5.28. The Morgan fingerprint density at radius 2 is 0.739 bits per heavy atom. The molecule has 8 aromatic rings. The summed E-state index contributed by atoms with van der Waals surface area (Å²) >= 11 is 0. The molecule has 0 radical (unpaired) electrons. The lowest BCUT2D eigenvalue weighted by Gasteiger charge is -2.29. The van der Waals surface area contributed by atoms with Crippen molar-refractivity contribution in [2.45, 2.75) is 26.9 Å². The van der Waals surface area contributed by atoms with Crippen LogP contribution < -0.4 is 0 Å². The predicted molar refractivity (Wildman–Crippen MR) is 197 cm³/mol. The molecule has 0 fully saturated rings. The van der Waals surface area contributed by atoms with Crippen molar-refractivity contribution < 1.29 is 0 Å². The molecule has 0 aliphatic carbocycles. The van der Waals surface area contributed by atoms with Gasteiger partial charge in [0.1, 0.15) is 0 Å². The van der Waals surface area contributed by atoms with Crippen molar-refractivity contribution in [3.8, 4) is 33.4 Å². The summed E-state index contributed by atoms with van der Waals surface area (Å²) < 4.78 is 5.08. The van der Waals surface area contributed by atoms with Gasteiger partial charge < -0.3 is 9.13 Å². The quantitative estimate of drug-likeness (QED) is 0.143. The van der Waals surface area contributed by atoms with Gasteiger partial charge in [-0.2, -0.15) is 0 Å². The molecule has 0 atom stereocenters. The zero-order valence-electron chi connectivity index (χ0n) is 26.0. The summed E-state index contributed by atoms with van der Waals surface area (Å²) in [7, 11) is 0. The van der Waals surface area contributed by atoms with Gasteiger partial charge in [0, 0.05) is 57.1 Å². The van der Waals surface area contributed by atoms with Gasteiger partial charge in [0.2, 0.25) is 0 Å². The lowest BCUT2D eigenvalue weighted by atomic mass is 9.83. The van der Waals surface area contributed by atoms with E-state index in [0.29, 0.717) is 0 Å². The highest BCUT2D eigenvalue weighted by Crippen LogP contribution is 2.51. The first-order valence-corrected chi connectivity index (χ1v) is 16.5. The standard InChI is InChI=1S/C44H32N2/c1-3-45-37-23-19-33(31-17-9-13-27-11-5-7-15-29(27)31)35-22-26-40-44(41(35)37)43-39(45)25-21-36-34(20-24-38(42(36)43)46(40)4-2)32-18-10-14-28-12-6-8-16-30(28)32/h5-26H,3-4H2,1-2H3. The highest BCUT2D eigenvalue weighted by atomic mass is 15.0. The van der Waals surface area contributed by atoms with Crippen LogP contribution >= 0.6 is 0 Å². The van der Waals surface area contributed by atoms with Gasteiger partial charge in [-0.05, 0) is 92.7 Å². The number of fused-ring (bicyclic) bond motifs is 2. The van der Waals surface area contributed by atoms with E-state index in [-0.39, 0.29) is 0 Å². The second kappa shape index (κ2) is 9.45. The van der Waals surface area contributed by atoms with Crippen LogP contribution in [-0.4, -0.2) is 9.13 Å². The van der Waals surface area contributed by atoms with Crippen molar-refractivity contribution in [3.63, 3.8) is 0 Å². The molecule has 0 bridgehead atoms. The van der Waals surface area contributed by atoms with Crippen LogP contribution in [0.1, 0.15) is 13.8 Å². The molecule has 2 aliphatic heterocycles. The molecule has 46 heavy (non-hydrogen) atoms. The van der Waals surface area contributed by atoms with Crippen molar-refractivity contribution in [1.82, 2.24) is 9.13 Å². The molecule has 0 unspecified atom stereocenters. The Hall–Kier alpha value is -5.60. The molecule has 218 valence electrons. The van der Waals surface area contributed by atoms with Crippen molar-refractivity contribution >= 4 is 65.2 Å². The van der Waals surface area contributed by atoms with Gasteiger partial charge in [-0.1, -0.05) is 109 Å². The zero-order valence-corrected chi connectivity index (χ0v) is 26.0. The molecule has 0 aromatic heterocycles. The van der Waals surface area contributed by atoms with Crippen LogP contribution in [0.15, 0.2) is 133 Å². The number of aryl methyl sites for hydroxylation is 2. The number of aromatic nitrogens is 2. The van der Waals surface area contributed by atoms with E-state index >= 15 is 0 Å². The van der Waals surface area contributed by atoms with E-state index in [1.807, 2.05) is 0 Å². The van der Waals surface area contributed by atoms with Gasteiger partial charge in [-0.3, -0.25) is 0 Å². The molecule has 0 amide bonds. The van der Waals surface area contributed by atoms with Crippen LogP contribution in [0.2, 0.25) is 0 Å². The minimum Gasteiger partial charge on any atom is -0.341 e. The monoisotopic (exact) mass is 588 g/mol. The van der Waals surface area contributed by atoms with E-state index in [2.05, 4.69) is 156 Å². The summed E-state index contributed by atoms with van der Waals surface area (Å²) in [5.41, 5.74) is 13.1. The smallest absolute Gasteiger partial charge is 0.0498 e. The SMILES string of the molecule is CCn1c2ccc3c(-c4cccc5ccccc45)ccc4c3c2-c2c3c(ccc2n4CC)c(-c2cccc4ccccc24)ccc31. The fraction of sp³-hybridized carbons (Fsp3) is 0.0909. The fourth-order valence-electron chi connectivity index (χ4n) is 8.57. The van der Waals surface area contributed by atoms with Crippen LogP contribution in [0, 0.1) is 0 Å². The summed E-state index contributed by atoms with van der Waals surface area (Å²) in [6, 6.07) is 49.9. The Morgan fingerprint density at radius 3 is 1.20 bits per heavy atom. The molecule has 10 rings (SSSR count). The number of pyridine rings is 2. The Morgan fingerprint density at radius 1 is 0.348 bits per heavy atom. The third-order valence-corrected chi connectivity index (χ3v) is 10.5. The van der Waals surface area contributed by atoms with Crippen molar-refractivity contribution in [1.29, 1.82) is 0 Å². The third-order valence-electron chi connectivity index (χ3n) is 10.5. The first-order valence-electron chi connectivity index (χ1n) is 16.5. The van der Waals surface area contributed by atoms with E-state index in [4.69, 9.17) is 0 Å². The average molecular weight is 589 g/mol. The normalized spacial score (nSPS) is 12.3. The topological polar surface area (TPSA) is 9.86 Å². The third kappa shape index (κ3) is 3.26. The van der Waals surface area contributed by atoms with Crippen LogP contribution in [-0.2, 0) is 13.1 Å². The summed E-state index contributed by atoms with van der Waals surface area (Å²) in [4.78, 5) is 0. The maximum absolute atomic E-state index is 2.54. The number of benzene rings is 8. The van der Waals surface area contributed by atoms with Crippen LogP contribution in [0.4, 0.5) is 0 Å². The summed E-state index contributed by atoms with van der Waals surface area (Å²) in [5, 5.41) is 10.5. The maximum atomic E-state index is 2.54. The highest BCUT2D eigenvalue weighted by molar-refractivity contribution is 6.29. The molecule has 0 saturated carbocycles. The van der Waals surface area contributed by atoms with Gasteiger partial charge in [-0.25, -0.2) is 0 Å². The lowest BCUT2D eigenvalue weighted by Crippen LogP contribution is -2.11. The highest BCUT2D eigenvalue weighted by Gasteiger charge is 2.27. The van der Waals surface area contributed by atoms with Crippen molar-refractivity contribution in [2.24, 2.45) is 0 Å². The summed E-state index contributed by atoms with van der Waals surface area (Å²) in [5.74, 6) is 0. The average Bonchev–Trinajstić information content (AvgIpc) is 3.12. The molecule has 0 N–H and O–H groups in total. The van der Waals surface area contributed by atoms with Gasteiger partial charge >= 0.3 is 0 Å². The largest absolute Gasteiger partial charge is 0.341 e. The second-order valence-electron chi connectivity index (χ2n) is 12.6. The Balaban J connectivity index is 1.39. The zero-order chi connectivity index (χ0) is 30.5. The minimum atomic E-state index is 0.903. The minimum absolute atomic E-state index is 0.903. The van der Waals surface area contributed by atoms with Crippen LogP contribution in [0.25, 0.3) is 98.5 Å². The van der Waals surface area contributed by atoms with E-state index in [0.717, 1.165) is 13.1 Å². The van der Waals surface area contributed by atoms with Crippen molar-refractivity contribution in [2.75, 3.05) is 0 Å². The number of hydrogen-bond donors (Lipinski definition) is 0. The fourth-order valence-corrected chi connectivity index (χ4v) is 8.57. The maximum Gasteiger partial charge on any atom is 0.0498 e. The molecule has 0 spiro atoms. The molecule has 2 heteroatoms. The lowest BCUT2D eigenvalue weighted by molar-refractivity contribution is 0.813. The first kappa shape index (κ1) is 25.7. The first-order chi connectivity index (χ1) is 22.8. The molecular formula is C44H32N2. The molecule has 8 aromatic carbocycles. The molecule has 0 saturated heterocycles. The summed E-state index contributed by atoms with van der Waals surface area (Å²) in [6.45, 7) is 6.37. The van der Waals surface area contributed by atoms with Gasteiger partial charge in [0.15, 0.2) is 0 Å². The molecule has 2 heterocycles. The second-order valence-corrected chi connectivity index (χ2v) is 12.6. The Bertz CT molecular complexity index is 2570. The predicted octanol–water partition coefficient (Wildman–Crippen LogP) is 12.1. The van der Waals surface area contributed by atoms with Gasteiger partial charge in [-0.15, -0.1) is 0 Å². The molecule has 2 nitrogen and oxygen atoms in total. The van der Waals surface area contributed by atoms with Crippen LogP contribution in [0.3, 0.4) is 0 Å².